The van der Waals surface area contributed by atoms with Crippen LogP contribution in [0.1, 0.15) is 37.7 Å². The third kappa shape index (κ3) is 4.20. The molecule has 0 aromatic carbocycles. The normalized spacial score (nSPS) is 27.0. The number of thioether (sulfide) groups is 1. The van der Waals surface area contributed by atoms with Gasteiger partial charge in [0, 0.05) is 24.9 Å². The van der Waals surface area contributed by atoms with Gasteiger partial charge in [-0.2, -0.15) is 0 Å². The van der Waals surface area contributed by atoms with Gasteiger partial charge in [0.15, 0.2) is 5.12 Å². The lowest BCUT2D eigenvalue weighted by Crippen LogP contribution is -2.46. The topological polar surface area (TPSA) is 51.2 Å². The summed E-state index contributed by atoms with van der Waals surface area (Å²) in [6.45, 7) is 3.47. The van der Waals surface area contributed by atoms with Crippen molar-refractivity contribution in [2.24, 2.45) is 5.92 Å². The number of hydrogen-bond donors (Lipinski definition) is 1. The van der Waals surface area contributed by atoms with Crippen LogP contribution in [0.4, 0.5) is 0 Å². The molecule has 0 spiro atoms. The van der Waals surface area contributed by atoms with Gasteiger partial charge in [0.2, 0.25) is 0 Å². The summed E-state index contributed by atoms with van der Waals surface area (Å²) >= 11 is 1.43. The van der Waals surface area contributed by atoms with E-state index in [9.17, 15) is 4.79 Å². The summed E-state index contributed by atoms with van der Waals surface area (Å²) in [5, 5.41) is 3.55. The molecule has 0 amide bonds. The first-order chi connectivity index (χ1) is 10.2. The zero-order chi connectivity index (χ0) is 14.7. The minimum Gasteiger partial charge on any atom is -0.490 e. The third-order valence-corrected chi connectivity index (χ3v) is 5.10. The zero-order valence-electron chi connectivity index (χ0n) is 12.4. The molecule has 1 saturated heterocycles. The minimum atomic E-state index is 0.217. The van der Waals surface area contributed by atoms with Crippen molar-refractivity contribution in [3.8, 4) is 5.75 Å². The molecular weight excluding hydrogens is 284 g/mol. The number of nitrogens with one attached hydrogen (secondary N) is 1. The highest BCUT2D eigenvalue weighted by molar-refractivity contribution is 8.13. The van der Waals surface area contributed by atoms with Gasteiger partial charge in [-0.25, -0.2) is 0 Å². The van der Waals surface area contributed by atoms with Crippen molar-refractivity contribution >= 4 is 16.9 Å². The van der Waals surface area contributed by atoms with Crippen molar-refractivity contribution in [1.82, 2.24) is 10.3 Å². The Balaban J connectivity index is 1.46. The van der Waals surface area contributed by atoms with Crippen LogP contribution in [0.2, 0.25) is 0 Å². The van der Waals surface area contributed by atoms with E-state index < -0.39 is 0 Å². The van der Waals surface area contributed by atoms with Gasteiger partial charge in [0.25, 0.3) is 0 Å². The predicted octanol–water partition coefficient (Wildman–Crippen LogP) is 2.60. The molecule has 2 aliphatic rings. The summed E-state index contributed by atoms with van der Waals surface area (Å²) in [5.41, 5.74) is 1.28. The lowest BCUT2D eigenvalue weighted by molar-refractivity contribution is -0.109. The van der Waals surface area contributed by atoms with Crippen molar-refractivity contribution in [1.29, 1.82) is 0 Å². The molecule has 3 atom stereocenters. The molecule has 4 nitrogen and oxygen atoms in total. The molecule has 5 heteroatoms. The smallest absolute Gasteiger partial charge is 0.185 e. The second-order valence-corrected chi connectivity index (χ2v) is 7.21. The van der Waals surface area contributed by atoms with Crippen LogP contribution in [0.5, 0.6) is 5.75 Å². The van der Waals surface area contributed by atoms with E-state index in [0.717, 1.165) is 31.1 Å². The first-order valence-corrected chi connectivity index (χ1v) is 8.65. The summed E-state index contributed by atoms with van der Waals surface area (Å²) in [5.74, 6) is 3.13. The van der Waals surface area contributed by atoms with Gasteiger partial charge in [-0.1, -0.05) is 11.8 Å². The third-order valence-electron chi connectivity index (χ3n) is 4.26. The van der Waals surface area contributed by atoms with E-state index in [0.29, 0.717) is 17.9 Å². The van der Waals surface area contributed by atoms with Gasteiger partial charge in [-0.05, 0) is 49.3 Å². The maximum atomic E-state index is 10.9. The Morgan fingerprint density at radius 2 is 2.38 bits per heavy atom. The Bertz CT molecular complexity index is 505. The number of rotatable bonds is 7. The van der Waals surface area contributed by atoms with E-state index in [1.165, 1.54) is 30.2 Å². The van der Waals surface area contributed by atoms with Crippen molar-refractivity contribution in [3.63, 3.8) is 0 Å². The summed E-state index contributed by atoms with van der Waals surface area (Å²) in [6.07, 6.45) is 7.29. The van der Waals surface area contributed by atoms with Crippen molar-refractivity contribution in [3.05, 3.63) is 24.0 Å². The number of carbonyl (C=O) groups is 1. The molecule has 21 heavy (non-hydrogen) atoms. The Morgan fingerprint density at radius 3 is 3.10 bits per heavy atom. The van der Waals surface area contributed by atoms with Crippen molar-refractivity contribution in [2.45, 2.75) is 38.1 Å². The van der Waals surface area contributed by atoms with Crippen LogP contribution in [0, 0.1) is 5.92 Å². The lowest BCUT2D eigenvalue weighted by Gasteiger charge is -2.27. The summed E-state index contributed by atoms with van der Waals surface area (Å²) in [7, 11) is 0. The lowest BCUT2D eigenvalue weighted by atomic mass is 10.1. The van der Waals surface area contributed by atoms with E-state index in [4.69, 9.17) is 4.74 Å². The number of hydrogen-bond acceptors (Lipinski definition) is 5. The van der Waals surface area contributed by atoms with Crippen LogP contribution in [0.3, 0.4) is 0 Å². The van der Waals surface area contributed by atoms with Gasteiger partial charge < -0.3 is 10.1 Å². The predicted molar refractivity (Wildman–Crippen MR) is 84.7 cm³/mol. The molecule has 0 unspecified atom stereocenters. The van der Waals surface area contributed by atoms with Gasteiger partial charge in [0.1, 0.15) is 12.4 Å². The highest BCUT2D eigenvalue weighted by atomic mass is 32.2. The first-order valence-electron chi connectivity index (χ1n) is 7.67. The van der Waals surface area contributed by atoms with E-state index in [2.05, 4.69) is 16.4 Å². The summed E-state index contributed by atoms with van der Waals surface area (Å²) in [4.78, 5) is 15.2. The number of pyridine rings is 1. The average Bonchev–Trinajstić information content (AvgIpc) is 3.16. The Hall–Kier alpha value is -1.07. The molecule has 1 saturated carbocycles. The molecule has 0 radical (unpaired) electrons. The molecular formula is C16H22N2O2S. The van der Waals surface area contributed by atoms with Crippen LogP contribution in [0.25, 0.3) is 0 Å². The maximum absolute atomic E-state index is 10.9. The molecule has 1 aromatic heterocycles. The molecule has 2 fully saturated rings. The van der Waals surface area contributed by atoms with Crippen molar-refractivity contribution in [2.75, 3.05) is 18.9 Å². The standard InChI is InChI=1S/C16H22N2O2S/c1-11(19)21-5-3-12-7-16(12)13-6-15(9-17-8-13)20-10-14-2-4-18-14/h6,8-9,12,14,16,18H,2-5,7,10H2,1H3/t12-,14-,16-/m0/s1. The van der Waals surface area contributed by atoms with Crippen molar-refractivity contribution < 1.29 is 9.53 Å². The second-order valence-electron chi connectivity index (χ2n) is 5.94. The van der Waals surface area contributed by atoms with Crippen LogP contribution in [-0.2, 0) is 4.79 Å². The van der Waals surface area contributed by atoms with Gasteiger partial charge >= 0.3 is 0 Å². The van der Waals surface area contributed by atoms with Gasteiger partial charge in [0.05, 0.1) is 6.20 Å². The fourth-order valence-electron chi connectivity index (χ4n) is 2.73. The molecule has 3 rings (SSSR count). The monoisotopic (exact) mass is 306 g/mol. The van der Waals surface area contributed by atoms with E-state index in [1.54, 1.807) is 13.1 Å². The number of ether oxygens (including phenoxy) is 1. The fraction of sp³-hybridized carbons (Fsp3) is 0.625. The second kappa shape index (κ2) is 6.79. The number of aromatic nitrogens is 1. The summed E-state index contributed by atoms with van der Waals surface area (Å²) in [6, 6.07) is 2.64. The van der Waals surface area contributed by atoms with Gasteiger partial charge in [-0.15, -0.1) is 0 Å². The molecule has 0 bridgehead atoms. The highest BCUT2D eigenvalue weighted by Crippen LogP contribution is 2.50. The van der Waals surface area contributed by atoms with Crippen LogP contribution in [-0.4, -0.2) is 35.0 Å². The summed E-state index contributed by atoms with van der Waals surface area (Å²) < 4.78 is 5.80. The van der Waals surface area contributed by atoms with E-state index in [1.807, 2.05) is 6.20 Å². The zero-order valence-corrected chi connectivity index (χ0v) is 13.2. The largest absolute Gasteiger partial charge is 0.490 e. The van der Waals surface area contributed by atoms with E-state index in [-0.39, 0.29) is 5.12 Å². The Labute approximate surface area is 130 Å². The molecule has 1 aliphatic carbocycles. The van der Waals surface area contributed by atoms with Crippen LogP contribution < -0.4 is 10.1 Å². The van der Waals surface area contributed by atoms with Crippen LogP contribution in [0.15, 0.2) is 18.5 Å². The average molecular weight is 306 g/mol. The molecule has 2 heterocycles. The van der Waals surface area contributed by atoms with E-state index >= 15 is 0 Å². The quantitative estimate of drug-likeness (QED) is 0.839. The Kier molecular flexibility index (Phi) is 4.80. The molecule has 1 aromatic rings. The Morgan fingerprint density at radius 1 is 1.52 bits per heavy atom. The molecule has 1 aliphatic heterocycles. The SMILES string of the molecule is CC(=O)SCC[C@H]1C[C@@H]1c1cncc(OC[C@@H]2CCN2)c1. The maximum Gasteiger partial charge on any atom is 0.185 e. The van der Waals surface area contributed by atoms with Crippen LogP contribution >= 0.6 is 11.8 Å². The number of carbonyl (C=O) groups excluding carboxylic acids is 1. The molecule has 1 N–H and O–H groups in total. The fourth-order valence-corrected chi connectivity index (χ4v) is 3.44. The van der Waals surface area contributed by atoms with Gasteiger partial charge in [-0.3, -0.25) is 9.78 Å². The first kappa shape index (κ1) is 14.9. The number of nitrogens with zero attached hydrogens (tertiary/aromatic N) is 1. The minimum absolute atomic E-state index is 0.217. The highest BCUT2D eigenvalue weighted by Gasteiger charge is 2.38. The molecule has 114 valence electrons.